The number of nitrogens with zero attached hydrogens (tertiary/aromatic N) is 4. The van der Waals surface area contributed by atoms with Gasteiger partial charge in [0.25, 0.3) is 0 Å². The SMILES string of the molecule is CC(CN1CCOCC1)N(Cc1ccccc1)Cc1noc(CN)n1. The first-order valence-corrected chi connectivity index (χ1v) is 8.84. The maximum absolute atomic E-state index is 5.57. The molecule has 0 radical (unpaired) electrons. The van der Waals surface area contributed by atoms with Crippen LogP contribution in [-0.2, 0) is 24.4 Å². The first kappa shape index (κ1) is 18.0. The molecule has 1 aliphatic rings. The number of rotatable bonds is 8. The molecule has 0 amide bonds. The molecule has 1 aromatic carbocycles. The van der Waals surface area contributed by atoms with E-state index in [9.17, 15) is 0 Å². The monoisotopic (exact) mass is 345 g/mol. The summed E-state index contributed by atoms with van der Waals surface area (Å²) in [7, 11) is 0. The summed E-state index contributed by atoms with van der Waals surface area (Å²) in [5, 5.41) is 4.06. The zero-order chi connectivity index (χ0) is 17.5. The number of nitrogens with two attached hydrogens (primary N) is 1. The molecular weight excluding hydrogens is 318 g/mol. The lowest BCUT2D eigenvalue weighted by Gasteiger charge is -2.34. The third kappa shape index (κ3) is 5.34. The molecule has 1 saturated heterocycles. The Morgan fingerprint density at radius 2 is 1.96 bits per heavy atom. The second-order valence-corrected chi connectivity index (χ2v) is 6.46. The minimum atomic E-state index is 0.273. The zero-order valence-corrected chi connectivity index (χ0v) is 14.8. The molecule has 7 nitrogen and oxygen atoms in total. The van der Waals surface area contributed by atoms with Crippen LogP contribution >= 0.6 is 0 Å². The Balaban J connectivity index is 1.68. The fourth-order valence-electron chi connectivity index (χ4n) is 3.08. The molecule has 2 N–H and O–H groups in total. The van der Waals surface area contributed by atoms with Gasteiger partial charge in [0.05, 0.1) is 26.3 Å². The molecule has 0 spiro atoms. The highest BCUT2D eigenvalue weighted by molar-refractivity contribution is 5.14. The largest absolute Gasteiger partial charge is 0.379 e. The van der Waals surface area contributed by atoms with Crippen molar-refractivity contribution in [3.8, 4) is 0 Å². The lowest BCUT2D eigenvalue weighted by molar-refractivity contribution is 0.0222. The molecule has 0 saturated carbocycles. The van der Waals surface area contributed by atoms with Gasteiger partial charge in [-0.3, -0.25) is 9.80 Å². The number of hydrogen-bond acceptors (Lipinski definition) is 7. The molecule has 1 fully saturated rings. The van der Waals surface area contributed by atoms with E-state index in [1.165, 1.54) is 5.56 Å². The first-order chi connectivity index (χ1) is 12.2. The topological polar surface area (TPSA) is 80.7 Å². The van der Waals surface area contributed by atoms with Gasteiger partial charge in [-0.1, -0.05) is 35.5 Å². The van der Waals surface area contributed by atoms with Gasteiger partial charge in [0.15, 0.2) is 5.82 Å². The standard InChI is InChI=1S/C18H27N5O2/c1-15(12-22-7-9-24-10-8-22)23(13-16-5-3-2-4-6-16)14-17-20-18(11-19)25-21-17/h2-6,15H,7-14,19H2,1H3. The summed E-state index contributed by atoms with van der Waals surface area (Å²) in [6.07, 6.45) is 0. The number of hydrogen-bond donors (Lipinski definition) is 1. The van der Waals surface area contributed by atoms with Crippen LogP contribution in [0.3, 0.4) is 0 Å². The summed E-state index contributed by atoms with van der Waals surface area (Å²) < 4.78 is 10.6. The molecule has 3 rings (SSSR count). The molecule has 1 atom stereocenters. The minimum absolute atomic E-state index is 0.273. The number of ether oxygens (including phenoxy) is 1. The van der Waals surface area contributed by atoms with Crippen molar-refractivity contribution >= 4 is 0 Å². The van der Waals surface area contributed by atoms with E-state index in [4.69, 9.17) is 15.0 Å². The fraction of sp³-hybridized carbons (Fsp3) is 0.556. The third-order valence-electron chi connectivity index (χ3n) is 4.51. The van der Waals surface area contributed by atoms with Crippen molar-refractivity contribution in [2.45, 2.75) is 32.6 Å². The molecule has 2 aromatic rings. The van der Waals surface area contributed by atoms with Crippen molar-refractivity contribution in [1.29, 1.82) is 0 Å². The average molecular weight is 345 g/mol. The second-order valence-electron chi connectivity index (χ2n) is 6.46. The Morgan fingerprint density at radius 1 is 1.20 bits per heavy atom. The van der Waals surface area contributed by atoms with Crippen molar-refractivity contribution in [2.75, 3.05) is 32.8 Å². The summed E-state index contributed by atoms with van der Waals surface area (Å²) in [6, 6.07) is 10.8. The normalized spacial score (nSPS) is 17.1. The minimum Gasteiger partial charge on any atom is -0.379 e. The number of benzene rings is 1. The molecule has 0 bridgehead atoms. The van der Waals surface area contributed by atoms with Gasteiger partial charge in [0.2, 0.25) is 5.89 Å². The van der Waals surface area contributed by atoms with E-state index in [1.54, 1.807) is 0 Å². The van der Waals surface area contributed by atoms with Crippen LogP contribution in [0.5, 0.6) is 0 Å². The van der Waals surface area contributed by atoms with Crippen LogP contribution in [0.4, 0.5) is 0 Å². The van der Waals surface area contributed by atoms with E-state index in [0.29, 0.717) is 24.3 Å². The van der Waals surface area contributed by atoms with Crippen molar-refractivity contribution in [3.63, 3.8) is 0 Å². The smallest absolute Gasteiger partial charge is 0.240 e. The Kier molecular flexibility index (Phi) is 6.52. The van der Waals surface area contributed by atoms with Gasteiger partial charge in [0, 0.05) is 32.2 Å². The van der Waals surface area contributed by atoms with Crippen molar-refractivity contribution in [1.82, 2.24) is 19.9 Å². The summed E-state index contributed by atoms with van der Waals surface area (Å²) in [5.74, 6) is 1.17. The lowest BCUT2D eigenvalue weighted by atomic mass is 10.1. The van der Waals surface area contributed by atoms with Gasteiger partial charge in [-0.05, 0) is 12.5 Å². The summed E-state index contributed by atoms with van der Waals surface area (Å²) >= 11 is 0. The van der Waals surface area contributed by atoms with E-state index >= 15 is 0 Å². The molecular formula is C18H27N5O2. The highest BCUT2D eigenvalue weighted by Gasteiger charge is 2.21. The Hall–Kier alpha value is -1.80. The highest BCUT2D eigenvalue weighted by Crippen LogP contribution is 2.14. The van der Waals surface area contributed by atoms with Crippen LogP contribution in [0, 0.1) is 0 Å². The van der Waals surface area contributed by atoms with E-state index in [1.807, 2.05) is 6.07 Å². The molecule has 25 heavy (non-hydrogen) atoms. The Morgan fingerprint density at radius 3 is 2.64 bits per heavy atom. The first-order valence-electron chi connectivity index (χ1n) is 8.84. The molecule has 1 aromatic heterocycles. The van der Waals surface area contributed by atoms with Gasteiger partial charge in [0.1, 0.15) is 0 Å². The van der Waals surface area contributed by atoms with E-state index < -0.39 is 0 Å². The van der Waals surface area contributed by atoms with Crippen molar-refractivity contribution in [2.24, 2.45) is 5.73 Å². The summed E-state index contributed by atoms with van der Waals surface area (Å²) in [5.41, 5.74) is 6.85. The maximum Gasteiger partial charge on any atom is 0.240 e. The Bertz CT molecular complexity index is 627. The van der Waals surface area contributed by atoms with E-state index in [2.05, 4.69) is 51.1 Å². The second kappa shape index (κ2) is 9.05. The summed E-state index contributed by atoms with van der Waals surface area (Å²) in [4.78, 5) is 9.20. The van der Waals surface area contributed by atoms with E-state index in [0.717, 1.165) is 39.4 Å². The van der Waals surface area contributed by atoms with Gasteiger partial charge in [-0.2, -0.15) is 4.98 Å². The molecule has 1 unspecified atom stereocenters. The fourth-order valence-corrected chi connectivity index (χ4v) is 3.08. The molecule has 0 aliphatic carbocycles. The molecule has 136 valence electrons. The van der Waals surface area contributed by atoms with Crippen LogP contribution in [0.25, 0.3) is 0 Å². The maximum atomic E-state index is 5.57. The lowest BCUT2D eigenvalue weighted by Crippen LogP contribution is -2.45. The van der Waals surface area contributed by atoms with Crippen molar-refractivity contribution in [3.05, 3.63) is 47.6 Å². The van der Waals surface area contributed by atoms with E-state index in [-0.39, 0.29) is 6.54 Å². The zero-order valence-electron chi connectivity index (χ0n) is 14.8. The highest BCUT2D eigenvalue weighted by atomic mass is 16.5. The van der Waals surface area contributed by atoms with Crippen LogP contribution in [0.2, 0.25) is 0 Å². The Labute approximate surface area is 148 Å². The van der Waals surface area contributed by atoms with Gasteiger partial charge in [-0.25, -0.2) is 0 Å². The van der Waals surface area contributed by atoms with Crippen LogP contribution in [-0.4, -0.2) is 58.8 Å². The predicted molar refractivity (Wildman–Crippen MR) is 94.6 cm³/mol. The molecule has 7 heteroatoms. The van der Waals surface area contributed by atoms with Gasteiger partial charge >= 0.3 is 0 Å². The van der Waals surface area contributed by atoms with Gasteiger partial charge in [-0.15, -0.1) is 0 Å². The third-order valence-corrected chi connectivity index (χ3v) is 4.51. The molecule has 2 heterocycles. The summed E-state index contributed by atoms with van der Waals surface area (Å²) in [6.45, 7) is 8.62. The number of aromatic nitrogens is 2. The van der Waals surface area contributed by atoms with Crippen molar-refractivity contribution < 1.29 is 9.26 Å². The molecule has 1 aliphatic heterocycles. The predicted octanol–water partition coefficient (Wildman–Crippen LogP) is 1.25. The van der Waals surface area contributed by atoms with Crippen LogP contribution in [0.1, 0.15) is 24.2 Å². The van der Waals surface area contributed by atoms with Crippen LogP contribution < -0.4 is 5.73 Å². The van der Waals surface area contributed by atoms with Gasteiger partial charge < -0.3 is 15.0 Å². The number of morpholine rings is 1. The quantitative estimate of drug-likeness (QED) is 0.771. The van der Waals surface area contributed by atoms with Crippen LogP contribution in [0.15, 0.2) is 34.9 Å². The average Bonchev–Trinajstić information content (AvgIpc) is 3.10.